The summed E-state index contributed by atoms with van der Waals surface area (Å²) in [7, 11) is 1.71. The molecule has 0 heterocycles. The summed E-state index contributed by atoms with van der Waals surface area (Å²) in [6.45, 7) is 2.37. The van der Waals surface area contributed by atoms with E-state index >= 15 is 0 Å². The fourth-order valence-corrected chi connectivity index (χ4v) is 2.53. The van der Waals surface area contributed by atoms with Crippen LogP contribution in [-0.2, 0) is 0 Å². The van der Waals surface area contributed by atoms with Crippen molar-refractivity contribution in [3.63, 3.8) is 0 Å². The van der Waals surface area contributed by atoms with Crippen molar-refractivity contribution in [2.75, 3.05) is 33.3 Å². The molecule has 3 N–H and O–H groups in total. The maximum absolute atomic E-state index is 12.1. The third-order valence-electron chi connectivity index (χ3n) is 3.67. The van der Waals surface area contributed by atoms with Crippen molar-refractivity contribution in [1.82, 2.24) is 16.0 Å². The molecule has 0 fully saturated rings. The Hall–Kier alpha value is -2.73. The first kappa shape index (κ1) is 20.6. The lowest BCUT2D eigenvalue weighted by atomic mass is 10.2. The minimum atomic E-state index is -0.191. The molecule has 27 heavy (non-hydrogen) atoms. The van der Waals surface area contributed by atoms with Gasteiger partial charge in [0.25, 0.3) is 5.91 Å². The van der Waals surface area contributed by atoms with Crippen LogP contribution in [0.25, 0.3) is 0 Å². The van der Waals surface area contributed by atoms with Gasteiger partial charge in [-0.15, -0.1) is 0 Å². The van der Waals surface area contributed by atoms with Crippen LogP contribution in [0.4, 0.5) is 0 Å². The number of amides is 1. The zero-order valence-electron chi connectivity index (χ0n) is 15.4. The van der Waals surface area contributed by atoms with Gasteiger partial charge in [0.1, 0.15) is 5.75 Å². The van der Waals surface area contributed by atoms with Gasteiger partial charge in [-0.3, -0.25) is 9.79 Å². The number of carbonyl (C=O) groups excluding carboxylic acids is 1. The van der Waals surface area contributed by atoms with E-state index in [0.29, 0.717) is 36.2 Å². The molecule has 6 nitrogen and oxygen atoms in total. The van der Waals surface area contributed by atoms with Crippen LogP contribution >= 0.6 is 11.6 Å². The second kappa shape index (κ2) is 11.8. The largest absolute Gasteiger partial charge is 0.494 e. The number of nitrogens with one attached hydrogen (secondary N) is 3. The molecule has 0 aliphatic rings. The number of ether oxygens (including phenoxy) is 1. The normalized spacial score (nSPS) is 11.0. The molecule has 1 amide bonds. The molecule has 144 valence electrons. The van der Waals surface area contributed by atoms with Gasteiger partial charge < -0.3 is 20.7 Å². The van der Waals surface area contributed by atoms with Crippen molar-refractivity contribution < 1.29 is 9.53 Å². The molecule has 0 aromatic heterocycles. The number of carbonyl (C=O) groups is 1. The Labute approximate surface area is 165 Å². The first-order chi connectivity index (χ1) is 13.2. The summed E-state index contributed by atoms with van der Waals surface area (Å²) in [5.41, 5.74) is 0.472. The van der Waals surface area contributed by atoms with Gasteiger partial charge in [0.15, 0.2) is 5.96 Å². The highest BCUT2D eigenvalue weighted by Crippen LogP contribution is 2.14. The lowest BCUT2D eigenvalue weighted by Crippen LogP contribution is -2.42. The molecule has 0 bridgehead atoms. The number of para-hydroxylation sites is 1. The van der Waals surface area contributed by atoms with Crippen molar-refractivity contribution in [2.45, 2.75) is 6.42 Å². The third-order valence-corrected chi connectivity index (χ3v) is 4.00. The SMILES string of the molecule is CN=C(NCCCOc1ccccc1)NCCNC(=O)c1ccccc1Cl. The number of benzene rings is 2. The van der Waals surface area contributed by atoms with Crippen LogP contribution in [0.3, 0.4) is 0 Å². The van der Waals surface area contributed by atoms with Crippen molar-refractivity contribution >= 4 is 23.5 Å². The maximum Gasteiger partial charge on any atom is 0.252 e. The highest BCUT2D eigenvalue weighted by Gasteiger charge is 2.08. The Morgan fingerprint density at radius 2 is 1.63 bits per heavy atom. The summed E-state index contributed by atoms with van der Waals surface area (Å²) < 4.78 is 5.64. The van der Waals surface area contributed by atoms with Crippen LogP contribution in [0.2, 0.25) is 5.02 Å². The number of nitrogens with zero attached hydrogens (tertiary/aromatic N) is 1. The second-order valence-electron chi connectivity index (χ2n) is 5.68. The predicted molar refractivity (Wildman–Crippen MR) is 110 cm³/mol. The van der Waals surface area contributed by atoms with Gasteiger partial charge >= 0.3 is 0 Å². The second-order valence-corrected chi connectivity index (χ2v) is 6.08. The standard InChI is InChI=1S/C20H25ClN4O2/c1-22-20(24-12-7-15-27-16-8-3-2-4-9-16)25-14-13-23-19(26)17-10-5-6-11-18(17)21/h2-6,8-11H,7,12-15H2,1H3,(H,23,26)(H2,22,24,25). The van der Waals surface area contributed by atoms with Crippen LogP contribution in [0.1, 0.15) is 16.8 Å². The highest BCUT2D eigenvalue weighted by molar-refractivity contribution is 6.33. The van der Waals surface area contributed by atoms with E-state index in [1.54, 1.807) is 31.3 Å². The number of aliphatic imine (C=N–C) groups is 1. The lowest BCUT2D eigenvalue weighted by molar-refractivity contribution is 0.0954. The van der Waals surface area contributed by atoms with E-state index in [2.05, 4.69) is 20.9 Å². The van der Waals surface area contributed by atoms with E-state index in [9.17, 15) is 4.79 Å². The molecule has 2 aromatic carbocycles. The highest BCUT2D eigenvalue weighted by atomic mass is 35.5. The van der Waals surface area contributed by atoms with E-state index in [1.165, 1.54) is 0 Å². The summed E-state index contributed by atoms with van der Waals surface area (Å²) in [5, 5.41) is 9.63. The average Bonchev–Trinajstić information content (AvgIpc) is 2.70. The molecule has 2 rings (SSSR count). The molecule has 0 aliphatic carbocycles. The van der Waals surface area contributed by atoms with E-state index in [4.69, 9.17) is 16.3 Å². The molecular weight excluding hydrogens is 364 g/mol. The Morgan fingerprint density at radius 3 is 2.37 bits per heavy atom. The summed E-state index contributed by atoms with van der Waals surface area (Å²) in [5.74, 6) is 1.36. The van der Waals surface area contributed by atoms with Crippen LogP contribution in [-0.4, -0.2) is 45.2 Å². The molecule has 0 saturated carbocycles. The first-order valence-electron chi connectivity index (χ1n) is 8.86. The van der Waals surface area contributed by atoms with Gasteiger partial charge in [-0.2, -0.15) is 0 Å². The average molecular weight is 389 g/mol. The first-order valence-corrected chi connectivity index (χ1v) is 9.23. The molecule has 7 heteroatoms. The molecule has 0 radical (unpaired) electrons. The molecule has 0 spiro atoms. The van der Waals surface area contributed by atoms with Crippen molar-refractivity contribution in [1.29, 1.82) is 0 Å². The number of hydrogen-bond donors (Lipinski definition) is 3. The minimum Gasteiger partial charge on any atom is -0.494 e. The molecule has 0 aliphatic heterocycles. The van der Waals surface area contributed by atoms with E-state index < -0.39 is 0 Å². The quantitative estimate of drug-likeness (QED) is 0.351. The minimum absolute atomic E-state index is 0.191. The Balaban J connectivity index is 1.57. The smallest absolute Gasteiger partial charge is 0.252 e. The maximum atomic E-state index is 12.1. The van der Waals surface area contributed by atoms with Gasteiger partial charge in [-0.25, -0.2) is 0 Å². The fraction of sp³-hybridized carbons (Fsp3) is 0.300. The molecule has 0 unspecified atom stereocenters. The Bertz CT molecular complexity index is 738. The van der Waals surface area contributed by atoms with Gasteiger partial charge in [-0.1, -0.05) is 41.9 Å². The monoisotopic (exact) mass is 388 g/mol. The Kier molecular flexibility index (Phi) is 9.00. The number of rotatable bonds is 9. The third kappa shape index (κ3) is 7.58. The van der Waals surface area contributed by atoms with Crippen molar-refractivity contribution in [2.24, 2.45) is 4.99 Å². The van der Waals surface area contributed by atoms with Crippen molar-refractivity contribution in [3.05, 3.63) is 65.2 Å². The van der Waals surface area contributed by atoms with Crippen molar-refractivity contribution in [3.8, 4) is 5.75 Å². The van der Waals surface area contributed by atoms with Gasteiger partial charge in [0.2, 0.25) is 0 Å². The molecular formula is C20H25ClN4O2. The van der Waals surface area contributed by atoms with Gasteiger partial charge in [0, 0.05) is 26.7 Å². The molecule has 2 aromatic rings. The lowest BCUT2D eigenvalue weighted by Gasteiger charge is -2.13. The Morgan fingerprint density at radius 1 is 0.963 bits per heavy atom. The van der Waals surface area contributed by atoms with Gasteiger partial charge in [-0.05, 0) is 30.7 Å². The topological polar surface area (TPSA) is 74.8 Å². The molecule has 0 atom stereocenters. The van der Waals surface area contributed by atoms with E-state index in [1.807, 2.05) is 30.3 Å². The summed E-state index contributed by atoms with van der Waals surface area (Å²) in [6, 6.07) is 16.7. The van der Waals surface area contributed by atoms with Crippen LogP contribution in [0.15, 0.2) is 59.6 Å². The summed E-state index contributed by atoms with van der Waals surface area (Å²) in [6.07, 6.45) is 0.846. The summed E-state index contributed by atoms with van der Waals surface area (Å²) in [4.78, 5) is 16.2. The van der Waals surface area contributed by atoms with Gasteiger partial charge in [0.05, 0.1) is 17.2 Å². The van der Waals surface area contributed by atoms with Crippen LogP contribution < -0.4 is 20.7 Å². The van der Waals surface area contributed by atoms with Crippen LogP contribution in [0.5, 0.6) is 5.75 Å². The number of halogens is 1. The fourth-order valence-electron chi connectivity index (χ4n) is 2.30. The number of guanidine groups is 1. The zero-order chi connectivity index (χ0) is 19.3. The summed E-state index contributed by atoms with van der Waals surface area (Å²) >= 11 is 6.01. The van der Waals surface area contributed by atoms with Crippen LogP contribution in [0, 0.1) is 0 Å². The van der Waals surface area contributed by atoms with E-state index in [-0.39, 0.29) is 5.91 Å². The molecule has 0 saturated heterocycles. The predicted octanol–water partition coefficient (Wildman–Crippen LogP) is 2.70. The zero-order valence-corrected chi connectivity index (χ0v) is 16.1. The number of hydrogen-bond acceptors (Lipinski definition) is 3. The van der Waals surface area contributed by atoms with E-state index in [0.717, 1.165) is 18.7 Å².